The molecule has 2 aromatic carbocycles. The van der Waals surface area contributed by atoms with Crippen molar-refractivity contribution in [1.82, 2.24) is 9.78 Å². The molecule has 1 N–H and O–H groups in total. The van der Waals surface area contributed by atoms with Gasteiger partial charge in [0.1, 0.15) is 17.2 Å². The summed E-state index contributed by atoms with van der Waals surface area (Å²) in [5.74, 6) is 0.475. The molecule has 28 heavy (non-hydrogen) atoms. The first kappa shape index (κ1) is 18.9. The molecule has 0 bridgehead atoms. The molecule has 0 aliphatic heterocycles. The van der Waals surface area contributed by atoms with Crippen LogP contribution in [0.1, 0.15) is 16.1 Å². The minimum atomic E-state index is -0.591. The van der Waals surface area contributed by atoms with E-state index in [1.165, 1.54) is 36.1 Å². The monoisotopic (exact) mass is 382 g/mol. The highest BCUT2D eigenvalue weighted by Gasteiger charge is 2.19. The predicted molar refractivity (Wildman–Crippen MR) is 102 cm³/mol. The largest absolute Gasteiger partial charge is 0.496 e. The molecule has 1 aromatic heterocycles. The molecular formula is C19H18N4O5. The molecule has 0 fully saturated rings. The van der Waals surface area contributed by atoms with Crippen molar-refractivity contribution in [3.63, 3.8) is 0 Å². The van der Waals surface area contributed by atoms with Gasteiger partial charge in [-0.2, -0.15) is 5.10 Å². The van der Waals surface area contributed by atoms with Crippen LogP contribution in [0.2, 0.25) is 0 Å². The molecule has 1 amide bonds. The first-order valence-corrected chi connectivity index (χ1v) is 8.33. The summed E-state index contributed by atoms with van der Waals surface area (Å²) in [5, 5.41) is 17.9. The molecular weight excluding hydrogens is 364 g/mol. The van der Waals surface area contributed by atoms with Crippen molar-refractivity contribution >= 4 is 17.3 Å². The van der Waals surface area contributed by atoms with Crippen LogP contribution >= 0.6 is 0 Å². The third-order valence-corrected chi connectivity index (χ3v) is 3.97. The summed E-state index contributed by atoms with van der Waals surface area (Å²) in [4.78, 5) is 23.0. The molecule has 0 aliphatic rings. The SMILES string of the molecule is COc1ccc(NC(=O)c2ccn(COc3ccccc3C)n2)c([N+](=O)[O-])c1. The second-order valence-corrected chi connectivity index (χ2v) is 5.87. The first-order valence-electron chi connectivity index (χ1n) is 8.33. The van der Waals surface area contributed by atoms with Gasteiger partial charge in [0, 0.05) is 6.20 Å². The Morgan fingerprint density at radius 3 is 2.75 bits per heavy atom. The molecule has 0 saturated heterocycles. The summed E-state index contributed by atoms with van der Waals surface area (Å²) in [6.45, 7) is 2.06. The van der Waals surface area contributed by atoms with E-state index in [9.17, 15) is 14.9 Å². The third-order valence-electron chi connectivity index (χ3n) is 3.97. The number of nitrogens with zero attached hydrogens (tertiary/aromatic N) is 3. The highest BCUT2D eigenvalue weighted by molar-refractivity contribution is 6.04. The van der Waals surface area contributed by atoms with Crippen LogP contribution in [0.3, 0.4) is 0 Å². The summed E-state index contributed by atoms with van der Waals surface area (Å²) >= 11 is 0. The van der Waals surface area contributed by atoms with E-state index in [4.69, 9.17) is 9.47 Å². The maximum absolute atomic E-state index is 12.4. The smallest absolute Gasteiger partial charge is 0.296 e. The van der Waals surface area contributed by atoms with Crippen molar-refractivity contribution in [3.8, 4) is 11.5 Å². The highest BCUT2D eigenvalue weighted by Crippen LogP contribution is 2.29. The van der Waals surface area contributed by atoms with Gasteiger partial charge in [0.2, 0.25) is 0 Å². The number of carbonyl (C=O) groups excluding carboxylic acids is 1. The van der Waals surface area contributed by atoms with Gasteiger partial charge >= 0.3 is 0 Å². The number of nitrogens with one attached hydrogen (secondary N) is 1. The minimum Gasteiger partial charge on any atom is -0.496 e. The lowest BCUT2D eigenvalue weighted by atomic mass is 10.2. The number of hydrogen-bond acceptors (Lipinski definition) is 6. The molecule has 144 valence electrons. The maximum atomic E-state index is 12.4. The van der Waals surface area contributed by atoms with E-state index in [2.05, 4.69) is 10.4 Å². The lowest BCUT2D eigenvalue weighted by Gasteiger charge is -2.08. The Bertz CT molecular complexity index is 1020. The van der Waals surface area contributed by atoms with Crippen LogP contribution in [0.4, 0.5) is 11.4 Å². The Morgan fingerprint density at radius 2 is 2.04 bits per heavy atom. The standard InChI is InChI=1S/C19H18N4O5/c1-13-5-3-4-6-18(13)28-12-22-10-9-16(21-22)19(24)20-15-8-7-14(27-2)11-17(15)23(25)26/h3-11H,12H2,1-2H3,(H,20,24). The van der Waals surface area contributed by atoms with Crippen LogP contribution < -0.4 is 14.8 Å². The number of rotatable bonds is 7. The summed E-state index contributed by atoms with van der Waals surface area (Å²) < 4.78 is 12.1. The molecule has 3 aromatic rings. The fraction of sp³-hybridized carbons (Fsp3) is 0.158. The number of para-hydroxylation sites is 1. The van der Waals surface area contributed by atoms with Crippen LogP contribution in [0, 0.1) is 17.0 Å². The van der Waals surface area contributed by atoms with Gasteiger partial charge in [-0.15, -0.1) is 0 Å². The van der Waals surface area contributed by atoms with Gasteiger partial charge in [0.05, 0.1) is 18.1 Å². The van der Waals surface area contributed by atoms with E-state index < -0.39 is 10.8 Å². The summed E-state index contributed by atoms with van der Waals surface area (Å²) in [5.41, 5.74) is 0.884. The molecule has 0 unspecified atom stereocenters. The first-order chi connectivity index (χ1) is 13.5. The number of ether oxygens (including phenoxy) is 2. The molecule has 0 spiro atoms. The number of hydrogen-bond donors (Lipinski definition) is 1. The van der Waals surface area contributed by atoms with Gasteiger partial charge in [0.25, 0.3) is 11.6 Å². The minimum absolute atomic E-state index is 0.0570. The molecule has 0 radical (unpaired) electrons. The average Bonchev–Trinajstić information content (AvgIpc) is 3.16. The Balaban J connectivity index is 1.69. The maximum Gasteiger partial charge on any atom is 0.296 e. The highest BCUT2D eigenvalue weighted by atomic mass is 16.6. The fourth-order valence-corrected chi connectivity index (χ4v) is 2.49. The van der Waals surface area contributed by atoms with Crippen LogP contribution in [0.15, 0.2) is 54.7 Å². The van der Waals surface area contributed by atoms with Gasteiger partial charge in [0.15, 0.2) is 12.4 Å². The normalized spacial score (nSPS) is 10.4. The Kier molecular flexibility index (Phi) is 5.54. The zero-order valence-corrected chi connectivity index (χ0v) is 15.3. The van der Waals surface area contributed by atoms with E-state index in [-0.39, 0.29) is 23.8 Å². The Labute approximate surface area is 160 Å². The number of nitro groups is 1. The number of aromatic nitrogens is 2. The van der Waals surface area contributed by atoms with E-state index in [0.29, 0.717) is 5.75 Å². The van der Waals surface area contributed by atoms with E-state index in [0.717, 1.165) is 11.3 Å². The number of carbonyl (C=O) groups is 1. The number of benzene rings is 2. The predicted octanol–water partition coefficient (Wildman–Crippen LogP) is 3.40. The molecule has 0 atom stereocenters. The van der Waals surface area contributed by atoms with Crippen LogP contribution in [0.25, 0.3) is 0 Å². The van der Waals surface area contributed by atoms with Crippen LogP contribution in [0.5, 0.6) is 11.5 Å². The number of anilines is 1. The van der Waals surface area contributed by atoms with E-state index in [1.807, 2.05) is 31.2 Å². The summed E-state index contributed by atoms with van der Waals surface area (Å²) in [6.07, 6.45) is 1.59. The van der Waals surface area contributed by atoms with Gasteiger partial charge in [-0.25, -0.2) is 4.68 Å². The average molecular weight is 382 g/mol. The van der Waals surface area contributed by atoms with Gasteiger partial charge in [-0.05, 0) is 36.8 Å². The van der Waals surface area contributed by atoms with Crippen molar-refractivity contribution in [2.45, 2.75) is 13.7 Å². The summed E-state index contributed by atoms with van der Waals surface area (Å²) in [6, 6.07) is 13.2. The quantitative estimate of drug-likeness (QED) is 0.495. The van der Waals surface area contributed by atoms with Crippen molar-refractivity contribution in [3.05, 3.63) is 76.1 Å². The van der Waals surface area contributed by atoms with Crippen molar-refractivity contribution < 1.29 is 19.2 Å². The number of amides is 1. The Hall–Kier alpha value is -3.88. The molecule has 9 nitrogen and oxygen atoms in total. The van der Waals surface area contributed by atoms with Crippen LogP contribution in [-0.4, -0.2) is 27.7 Å². The van der Waals surface area contributed by atoms with E-state index in [1.54, 1.807) is 6.20 Å². The van der Waals surface area contributed by atoms with Gasteiger partial charge in [-0.3, -0.25) is 14.9 Å². The lowest BCUT2D eigenvalue weighted by molar-refractivity contribution is -0.384. The Morgan fingerprint density at radius 1 is 1.25 bits per heavy atom. The zero-order valence-electron chi connectivity index (χ0n) is 15.3. The van der Waals surface area contributed by atoms with Crippen molar-refractivity contribution in [2.24, 2.45) is 0 Å². The van der Waals surface area contributed by atoms with E-state index >= 15 is 0 Å². The second-order valence-electron chi connectivity index (χ2n) is 5.87. The molecule has 9 heteroatoms. The van der Waals surface area contributed by atoms with Gasteiger partial charge < -0.3 is 14.8 Å². The molecule has 1 heterocycles. The van der Waals surface area contributed by atoms with Crippen molar-refractivity contribution in [1.29, 1.82) is 0 Å². The van der Waals surface area contributed by atoms with Crippen LogP contribution in [-0.2, 0) is 6.73 Å². The number of nitro benzene ring substituents is 1. The van der Waals surface area contributed by atoms with Gasteiger partial charge in [-0.1, -0.05) is 18.2 Å². The fourth-order valence-electron chi connectivity index (χ4n) is 2.49. The number of methoxy groups -OCH3 is 1. The molecule has 3 rings (SSSR count). The molecule has 0 saturated carbocycles. The van der Waals surface area contributed by atoms with Crippen molar-refractivity contribution in [2.75, 3.05) is 12.4 Å². The lowest BCUT2D eigenvalue weighted by Crippen LogP contribution is -2.15. The number of aryl methyl sites for hydroxylation is 1. The third kappa shape index (κ3) is 4.26. The second kappa shape index (κ2) is 8.21. The topological polar surface area (TPSA) is 109 Å². The molecule has 0 aliphatic carbocycles. The summed E-state index contributed by atoms with van der Waals surface area (Å²) in [7, 11) is 1.41. The zero-order chi connectivity index (χ0) is 20.1.